The summed E-state index contributed by atoms with van der Waals surface area (Å²) >= 11 is 0. The normalized spacial score (nSPS) is 22.5. The van der Waals surface area contributed by atoms with Crippen molar-refractivity contribution < 1.29 is 4.74 Å². The van der Waals surface area contributed by atoms with Gasteiger partial charge in [-0.1, -0.05) is 31.2 Å². The summed E-state index contributed by atoms with van der Waals surface area (Å²) in [5.41, 5.74) is 9.24. The van der Waals surface area contributed by atoms with Gasteiger partial charge in [-0.3, -0.25) is 4.90 Å². The summed E-state index contributed by atoms with van der Waals surface area (Å²) in [6.45, 7) is 5.71. The van der Waals surface area contributed by atoms with E-state index >= 15 is 0 Å². The molecule has 1 unspecified atom stereocenters. The number of aryl methyl sites for hydroxylation is 1. The molecule has 0 radical (unpaired) electrons. The van der Waals surface area contributed by atoms with Gasteiger partial charge in [0.25, 0.3) is 0 Å². The van der Waals surface area contributed by atoms with Crippen molar-refractivity contribution >= 4 is 0 Å². The van der Waals surface area contributed by atoms with E-state index < -0.39 is 0 Å². The topological polar surface area (TPSA) is 38.5 Å². The maximum Gasteiger partial charge on any atom is 0.0589 e. The van der Waals surface area contributed by atoms with E-state index in [9.17, 15) is 0 Å². The van der Waals surface area contributed by atoms with Gasteiger partial charge < -0.3 is 10.5 Å². The summed E-state index contributed by atoms with van der Waals surface area (Å²) in [7, 11) is 1.76. The Morgan fingerprint density at radius 1 is 1.32 bits per heavy atom. The second-order valence-corrected chi connectivity index (χ2v) is 5.45. The lowest BCUT2D eigenvalue weighted by Crippen LogP contribution is -2.57. The van der Waals surface area contributed by atoms with E-state index in [0.717, 1.165) is 45.5 Å². The highest BCUT2D eigenvalue weighted by atomic mass is 16.5. The number of hydrogen-bond donors (Lipinski definition) is 1. The first-order valence-corrected chi connectivity index (χ1v) is 7.26. The zero-order chi connectivity index (χ0) is 13.7. The van der Waals surface area contributed by atoms with E-state index in [2.05, 4.69) is 36.1 Å². The van der Waals surface area contributed by atoms with Crippen molar-refractivity contribution in [1.29, 1.82) is 0 Å². The first-order valence-electron chi connectivity index (χ1n) is 7.26. The third-order valence-electron chi connectivity index (χ3n) is 4.50. The molecule has 3 nitrogen and oxygen atoms in total. The van der Waals surface area contributed by atoms with E-state index in [0.29, 0.717) is 0 Å². The van der Waals surface area contributed by atoms with Crippen molar-refractivity contribution in [3.05, 3.63) is 35.4 Å². The fourth-order valence-corrected chi connectivity index (χ4v) is 3.29. The molecule has 2 rings (SSSR count). The highest BCUT2D eigenvalue weighted by Gasteiger charge is 2.37. The van der Waals surface area contributed by atoms with Gasteiger partial charge in [-0.05, 0) is 36.9 Å². The first-order chi connectivity index (χ1) is 9.25. The first kappa shape index (κ1) is 14.5. The van der Waals surface area contributed by atoms with Gasteiger partial charge >= 0.3 is 0 Å². The minimum absolute atomic E-state index is 0.113. The van der Waals surface area contributed by atoms with Crippen LogP contribution in [0.1, 0.15) is 24.5 Å². The molecule has 0 saturated carbocycles. The van der Waals surface area contributed by atoms with Crippen LogP contribution in [-0.4, -0.2) is 43.8 Å². The molecule has 1 aromatic rings. The molecule has 0 spiro atoms. The predicted octanol–water partition coefficient (Wildman–Crippen LogP) is 1.84. The molecule has 0 aliphatic heterocycles. The van der Waals surface area contributed by atoms with Crippen molar-refractivity contribution in [1.82, 2.24) is 4.90 Å². The van der Waals surface area contributed by atoms with Crippen molar-refractivity contribution in [2.24, 2.45) is 5.73 Å². The van der Waals surface area contributed by atoms with Crippen molar-refractivity contribution in [3.8, 4) is 0 Å². The number of nitrogens with zero attached hydrogens (tertiary/aromatic N) is 1. The zero-order valence-corrected chi connectivity index (χ0v) is 12.2. The highest BCUT2D eigenvalue weighted by molar-refractivity contribution is 5.32. The van der Waals surface area contributed by atoms with Gasteiger partial charge in [0.1, 0.15) is 0 Å². The van der Waals surface area contributed by atoms with Crippen LogP contribution < -0.4 is 5.73 Å². The zero-order valence-electron chi connectivity index (χ0n) is 12.2. The van der Waals surface area contributed by atoms with Crippen molar-refractivity contribution in [2.75, 3.05) is 33.4 Å². The van der Waals surface area contributed by atoms with Crippen LogP contribution in [0.2, 0.25) is 0 Å². The van der Waals surface area contributed by atoms with Crippen molar-refractivity contribution in [2.45, 2.75) is 31.7 Å². The Morgan fingerprint density at radius 2 is 2.05 bits per heavy atom. The van der Waals surface area contributed by atoms with Gasteiger partial charge in [-0.15, -0.1) is 0 Å². The average molecular weight is 262 g/mol. The van der Waals surface area contributed by atoms with Gasteiger partial charge in [-0.2, -0.15) is 0 Å². The molecule has 0 aromatic heterocycles. The second kappa shape index (κ2) is 6.51. The van der Waals surface area contributed by atoms with E-state index in [-0.39, 0.29) is 5.54 Å². The summed E-state index contributed by atoms with van der Waals surface area (Å²) in [6.07, 6.45) is 3.35. The molecule has 1 aromatic carbocycles. The summed E-state index contributed by atoms with van der Waals surface area (Å²) in [6, 6.07) is 8.78. The maximum atomic E-state index is 6.16. The standard InChI is InChI=1S/C16H26N2O/c1-3-18(10-11-19-2)16(13-17)9-8-14-6-4-5-7-15(14)12-16/h4-7H,3,8-13,17H2,1-2H3. The Labute approximate surface area is 116 Å². The molecule has 1 aliphatic carbocycles. The van der Waals surface area contributed by atoms with Crippen LogP contribution in [0.4, 0.5) is 0 Å². The minimum Gasteiger partial charge on any atom is -0.383 e. The largest absolute Gasteiger partial charge is 0.383 e. The maximum absolute atomic E-state index is 6.16. The molecule has 1 aliphatic rings. The lowest BCUT2D eigenvalue weighted by molar-refractivity contribution is 0.0541. The van der Waals surface area contributed by atoms with E-state index in [4.69, 9.17) is 10.5 Å². The molecule has 0 amide bonds. The lowest BCUT2D eigenvalue weighted by atomic mass is 9.76. The molecule has 19 heavy (non-hydrogen) atoms. The number of fused-ring (bicyclic) bond motifs is 1. The molecule has 2 N–H and O–H groups in total. The van der Waals surface area contributed by atoms with Crippen LogP contribution in [0.3, 0.4) is 0 Å². The summed E-state index contributed by atoms with van der Waals surface area (Å²) in [4.78, 5) is 2.51. The van der Waals surface area contributed by atoms with Crippen LogP contribution in [0, 0.1) is 0 Å². The molecule has 3 heteroatoms. The Bertz CT molecular complexity index is 407. The molecular formula is C16H26N2O. The molecule has 0 heterocycles. The quantitative estimate of drug-likeness (QED) is 0.850. The fraction of sp³-hybridized carbons (Fsp3) is 0.625. The van der Waals surface area contributed by atoms with Gasteiger partial charge in [0, 0.05) is 25.7 Å². The fourth-order valence-electron chi connectivity index (χ4n) is 3.29. The number of rotatable bonds is 6. The smallest absolute Gasteiger partial charge is 0.0589 e. The monoisotopic (exact) mass is 262 g/mol. The van der Waals surface area contributed by atoms with Crippen LogP contribution in [0.5, 0.6) is 0 Å². The second-order valence-electron chi connectivity index (χ2n) is 5.45. The third kappa shape index (κ3) is 2.99. The molecule has 0 saturated heterocycles. The molecular weight excluding hydrogens is 236 g/mol. The van der Waals surface area contributed by atoms with Crippen LogP contribution in [0.15, 0.2) is 24.3 Å². The van der Waals surface area contributed by atoms with Crippen LogP contribution in [-0.2, 0) is 17.6 Å². The van der Waals surface area contributed by atoms with Crippen molar-refractivity contribution in [3.63, 3.8) is 0 Å². The van der Waals surface area contributed by atoms with Gasteiger partial charge in [0.05, 0.1) is 6.61 Å². The lowest BCUT2D eigenvalue weighted by Gasteiger charge is -2.46. The highest BCUT2D eigenvalue weighted by Crippen LogP contribution is 2.32. The van der Waals surface area contributed by atoms with Crippen LogP contribution >= 0.6 is 0 Å². The summed E-state index contributed by atoms with van der Waals surface area (Å²) in [5, 5.41) is 0. The van der Waals surface area contributed by atoms with E-state index in [1.165, 1.54) is 11.1 Å². The number of methoxy groups -OCH3 is 1. The Kier molecular flexibility index (Phi) is 4.97. The molecule has 0 bridgehead atoms. The average Bonchev–Trinajstić information content (AvgIpc) is 2.47. The number of benzene rings is 1. The number of nitrogens with two attached hydrogens (primary N) is 1. The number of likely N-dealkylation sites (N-methyl/N-ethyl adjacent to an activating group) is 1. The van der Waals surface area contributed by atoms with E-state index in [1.54, 1.807) is 7.11 Å². The number of ether oxygens (including phenoxy) is 1. The van der Waals surface area contributed by atoms with E-state index in [1.807, 2.05) is 0 Å². The Morgan fingerprint density at radius 3 is 2.68 bits per heavy atom. The van der Waals surface area contributed by atoms with Gasteiger partial charge in [0.2, 0.25) is 0 Å². The predicted molar refractivity (Wildman–Crippen MR) is 79.4 cm³/mol. The summed E-state index contributed by atoms with van der Waals surface area (Å²) in [5.74, 6) is 0. The minimum atomic E-state index is 0.113. The summed E-state index contributed by atoms with van der Waals surface area (Å²) < 4.78 is 5.24. The Hall–Kier alpha value is -0.900. The third-order valence-corrected chi connectivity index (χ3v) is 4.50. The SMILES string of the molecule is CCN(CCOC)C1(CN)CCc2ccccc2C1. The van der Waals surface area contributed by atoms with Crippen LogP contribution in [0.25, 0.3) is 0 Å². The Balaban J connectivity index is 2.19. The molecule has 106 valence electrons. The number of hydrogen-bond acceptors (Lipinski definition) is 3. The van der Waals surface area contributed by atoms with Gasteiger partial charge in [-0.25, -0.2) is 0 Å². The molecule has 0 fully saturated rings. The van der Waals surface area contributed by atoms with Gasteiger partial charge in [0.15, 0.2) is 0 Å². The molecule has 1 atom stereocenters.